The maximum atomic E-state index is 11.8. The van der Waals surface area contributed by atoms with Crippen LogP contribution in [0.15, 0.2) is 18.5 Å². The number of carbonyl (C=O) groups excluding carboxylic acids is 1. The van der Waals surface area contributed by atoms with Gasteiger partial charge in [0.25, 0.3) is 0 Å². The highest BCUT2D eigenvalue weighted by Gasteiger charge is 2.33. The van der Waals surface area contributed by atoms with Gasteiger partial charge in [-0.05, 0) is 32.4 Å². The van der Waals surface area contributed by atoms with Crippen LogP contribution >= 0.6 is 0 Å². The lowest BCUT2D eigenvalue weighted by atomic mass is 9.97. The topological polar surface area (TPSA) is 56.2 Å². The van der Waals surface area contributed by atoms with E-state index in [0.29, 0.717) is 13.0 Å². The number of hydrogen-bond donors (Lipinski definition) is 1. The molecule has 1 aromatic rings. The standard InChI is InChI=1S/C12H21N3O2/c1-4-7-13-12(2,11(16)17-3)6-10-15-9-5-8-14-15/h5,8-9,13H,4,6-7,10H2,1-3H3. The molecule has 5 heteroatoms. The molecule has 0 radical (unpaired) electrons. The van der Waals surface area contributed by atoms with Crippen LogP contribution in [0.4, 0.5) is 0 Å². The summed E-state index contributed by atoms with van der Waals surface area (Å²) in [4.78, 5) is 11.8. The number of hydrogen-bond acceptors (Lipinski definition) is 4. The van der Waals surface area contributed by atoms with Crippen LogP contribution in [0, 0.1) is 0 Å². The number of nitrogens with zero attached hydrogens (tertiary/aromatic N) is 2. The second-order valence-corrected chi connectivity index (χ2v) is 4.27. The molecule has 0 saturated heterocycles. The Balaban J connectivity index is 2.59. The second-order valence-electron chi connectivity index (χ2n) is 4.27. The zero-order chi connectivity index (χ0) is 12.7. The number of rotatable bonds is 7. The van der Waals surface area contributed by atoms with Crippen molar-refractivity contribution in [1.82, 2.24) is 15.1 Å². The number of ether oxygens (including phenoxy) is 1. The zero-order valence-electron chi connectivity index (χ0n) is 10.8. The summed E-state index contributed by atoms with van der Waals surface area (Å²) in [6, 6.07) is 1.87. The molecule has 1 heterocycles. The Hall–Kier alpha value is -1.36. The molecular weight excluding hydrogens is 218 g/mol. The normalized spacial score (nSPS) is 14.3. The van der Waals surface area contributed by atoms with E-state index in [-0.39, 0.29) is 5.97 Å². The summed E-state index contributed by atoms with van der Waals surface area (Å²) < 4.78 is 6.67. The maximum absolute atomic E-state index is 11.8. The monoisotopic (exact) mass is 239 g/mol. The molecule has 0 aromatic carbocycles. The van der Waals surface area contributed by atoms with Crippen molar-refractivity contribution in [3.8, 4) is 0 Å². The van der Waals surface area contributed by atoms with Crippen molar-refractivity contribution < 1.29 is 9.53 Å². The molecule has 5 nitrogen and oxygen atoms in total. The van der Waals surface area contributed by atoms with Crippen LogP contribution in [0.1, 0.15) is 26.7 Å². The molecule has 0 spiro atoms. The van der Waals surface area contributed by atoms with Gasteiger partial charge in [-0.1, -0.05) is 6.92 Å². The van der Waals surface area contributed by atoms with Gasteiger partial charge in [-0.3, -0.25) is 9.48 Å². The first kappa shape index (κ1) is 13.7. The summed E-state index contributed by atoms with van der Waals surface area (Å²) >= 11 is 0. The van der Waals surface area contributed by atoms with E-state index in [9.17, 15) is 4.79 Å². The molecule has 0 aliphatic carbocycles. The molecule has 0 bridgehead atoms. The molecule has 1 rings (SSSR count). The number of methoxy groups -OCH3 is 1. The Bertz CT molecular complexity index is 338. The number of carbonyl (C=O) groups is 1. The van der Waals surface area contributed by atoms with Crippen molar-refractivity contribution >= 4 is 5.97 Å². The molecule has 1 unspecified atom stereocenters. The number of nitrogens with one attached hydrogen (secondary N) is 1. The molecule has 1 N–H and O–H groups in total. The van der Waals surface area contributed by atoms with E-state index in [1.54, 1.807) is 6.20 Å². The van der Waals surface area contributed by atoms with E-state index in [1.807, 2.05) is 23.9 Å². The first-order valence-electron chi connectivity index (χ1n) is 5.93. The lowest BCUT2D eigenvalue weighted by Gasteiger charge is -2.27. The molecular formula is C12H21N3O2. The third kappa shape index (κ3) is 3.85. The highest BCUT2D eigenvalue weighted by molar-refractivity contribution is 5.80. The van der Waals surface area contributed by atoms with E-state index in [1.165, 1.54) is 7.11 Å². The molecule has 0 aliphatic rings. The van der Waals surface area contributed by atoms with Crippen LogP contribution in [-0.4, -0.2) is 34.9 Å². The Kier molecular flexibility index (Phi) is 5.15. The summed E-state index contributed by atoms with van der Waals surface area (Å²) in [6.45, 7) is 5.43. The SMILES string of the molecule is CCCNC(C)(CCn1cccn1)C(=O)OC. The molecule has 0 fully saturated rings. The molecule has 0 aliphatic heterocycles. The molecule has 96 valence electrons. The van der Waals surface area contributed by atoms with Crippen LogP contribution in [0.5, 0.6) is 0 Å². The minimum absolute atomic E-state index is 0.224. The van der Waals surface area contributed by atoms with Gasteiger partial charge in [-0.15, -0.1) is 0 Å². The minimum atomic E-state index is -0.642. The third-order valence-corrected chi connectivity index (χ3v) is 2.80. The van der Waals surface area contributed by atoms with E-state index in [4.69, 9.17) is 4.74 Å². The quantitative estimate of drug-likeness (QED) is 0.726. The smallest absolute Gasteiger partial charge is 0.325 e. The average molecular weight is 239 g/mol. The van der Waals surface area contributed by atoms with Crippen LogP contribution in [0.3, 0.4) is 0 Å². The van der Waals surface area contributed by atoms with Gasteiger partial charge >= 0.3 is 5.97 Å². The van der Waals surface area contributed by atoms with Crippen molar-refractivity contribution in [1.29, 1.82) is 0 Å². The second kappa shape index (κ2) is 6.39. The number of aryl methyl sites for hydroxylation is 1. The van der Waals surface area contributed by atoms with Crippen molar-refractivity contribution in [3.05, 3.63) is 18.5 Å². The van der Waals surface area contributed by atoms with Crippen molar-refractivity contribution in [2.24, 2.45) is 0 Å². The van der Waals surface area contributed by atoms with Gasteiger partial charge in [0.1, 0.15) is 5.54 Å². The van der Waals surface area contributed by atoms with Crippen molar-refractivity contribution in [3.63, 3.8) is 0 Å². The Morgan fingerprint density at radius 2 is 2.35 bits per heavy atom. The molecule has 0 saturated carbocycles. The number of aromatic nitrogens is 2. The largest absolute Gasteiger partial charge is 0.468 e. The Morgan fingerprint density at radius 3 is 2.88 bits per heavy atom. The van der Waals surface area contributed by atoms with Crippen LogP contribution in [0.2, 0.25) is 0 Å². The lowest BCUT2D eigenvalue weighted by Crippen LogP contribution is -2.51. The average Bonchev–Trinajstić information content (AvgIpc) is 2.86. The van der Waals surface area contributed by atoms with Gasteiger partial charge in [-0.2, -0.15) is 5.10 Å². The van der Waals surface area contributed by atoms with Crippen LogP contribution in [-0.2, 0) is 16.1 Å². The van der Waals surface area contributed by atoms with E-state index in [0.717, 1.165) is 13.0 Å². The predicted molar refractivity (Wildman–Crippen MR) is 65.6 cm³/mol. The summed E-state index contributed by atoms with van der Waals surface area (Å²) in [5, 5.41) is 7.36. The van der Waals surface area contributed by atoms with E-state index < -0.39 is 5.54 Å². The van der Waals surface area contributed by atoms with Crippen molar-refractivity contribution in [2.45, 2.75) is 38.8 Å². The van der Waals surface area contributed by atoms with Gasteiger partial charge < -0.3 is 10.1 Å². The fourth-order valence-corrected chi connectivity index (χ4v) is 1.66. The fraction of sp³-hybridized carbons (Fsp3) is 0.667. The van der Waals surface area contributed by atoms with Gasteiger partial charge in [0.05, 0.1) is 7.11 Å². The molecule has 1 aromatic heterocycles. The zero-order valence-corrected chi connectivity index (χ0v) is 10.8. The molecule has 1 atom stereocenters. The molecule has 17 heavy (non-hydrogen) atoms. The Labute approximate surface area is 102 Å². The van der Waals surface area contributed by atoms with E-state index in [2.05, 4.69) is 17.3 Å². The van der Waals surface area contributed by atoms with Gasteiger partial charge in [0, 0.05) is 18.9 Å². The number of esters is 1. The summed E-state index contributed by atoms with van der Waals surface area (Å²) in [7, 11) is 1.42. The summed E-state index contributed by atoms with van der Waals surface area (Å²) in [5.41, 5.74) is -0.642. The van der Waals surface area contributed by atoms with Gasteiger partial charge in [-0.25, -0.2) is 0 Å². The lowest BCUT2D eigenvalue weighted by molar-refractivity contribution is -0.148. The highest BCUT2D eigenvalue weighted by Crippen LogP contribution is 2.13. The Morgan fingerprint density at radius 1 is 1.59 bits per heavy atom. The first-order valence-corrected chi connectivity index (χ1v) is 5.93. The molecule has 0 amide bonds. The van der Waals surface area contributed by atoms with Gasteiger partial charge in [0.15, 0.2) is 0 Å². The minimum Gasteiger partial charge on any atom is -0.468 e. The first-order chi connectivity index (χ1) is 8.12. The van der Waals surface area contributed by atoms with Crippen LogP contribution in [0.25, 0.3) is 0 Å². The van der Waals surface area contributed by atoms with Crippen molar-refractivity contribution in [2.75, 3.05) is 13.7 Å². The summed E-state index contributed by atoms with van der Waals surface area (Å²) in [6.07, 6.45) is 5.25. The van der Waals surface area contributed by atoms with Crippen LogP contribution < -0.4 is 5.32 Å². The highest BCUT2D eigenvalue weighted by atomic mass is 16.5. The third-order valence-electron chi connectivity index (χ3n) is 2.80. The predicted octanol–water partition coefficient (Wildman–Crippen LogP) is 1.20. The fourth-order valence-electron chi connectivity index (χ4n) is 1.66. The van der Waals surface area contributed by atoms with Gasteiger partial charge in [0.2, 0.25) is 0 Å². The van der Waals surface area contributed by atoms with E-state index >= 15 is 0 Å². The summed E-state index contributed by atoms with van der Waals surface area (Å²) in [5.74, 6) is -0.224. The maximum Gasteiger partial charge on any atom is 0.325 e.